The number of carbonyl (C=O) groups excluding carboxylic acids is 1. The fourth-order valence-electron chi connectivity index (χ4n) is 2.09. The van der Waals surface area contributed by atoms with Crippen LogP contribution in [0.4, 0.5) is 5.69 Å². The van der Waals surface area contributed by atoms with Gasteiger partial charge in [-0.2, -0.15) is 4.98 Å². The predicted octanol–water partition coefficient (Wildman–Crippen LogP) is 4.20. The number of aromatic nitrogens is 2. The van der Waals surface area contributed by atoms with E-state index in [-0.39, 0.29) is 5.91 Å². The predicted molar refractivity (Wildman–Crippen MR) is 88.5 cm³/mol. The van der Waals surface area contributed by atoms with Crippen molar-refractivity contribution in [3.8, 4) is 11.5 Å². The molecule has 0 aliphatic carbocycles. The Morgan fingerprint density at radius 1 is 1.22 bits per heavy atom. The highest BCUT2D eigenvalue weighted by Gasteiger charge is 2.12. The van der Waals surface area contributed by atoms with E-state index in [2.05, 4.69) is 15.5 Å². The summed E-state index contributed by atoms with van der Waals surface area (Å²) in [4.78, 5) is 16.6. The van der Waals surface area contributed by atoms with Crippen LogP contribution in [0.3, 0.4) is 0 Å². The summed E-state index contributed by atoms with van der Waals surface area (Å²) in [6.45, 7) is 1.95. The first kappa shape index (κ1) is 15.2. The lowest BCUT2D eigenvalue weighted by Gasteiger charge is -2.07. The smallest absolute Gasteiger partial charge is 0.257 e. The summed E-state index contributed by atoms with van der Waals surface area (Å²) in [5.41, 5.74) is 1.79. The average molecular weight is 328 g/mol. The van der Waals surface area contributed by atoms with Crippen LogP contribution in [0, 0.1) is 0 Å². The van der Waals surface area contributed by atoms with Gasteiger partial charge in [-0.25, -0.2) is 0 Å². The van der Waals surface area contributed by atoms with E-state index in [0.29, 0.717) is 34.4 Å². The number of nitrogens with one attached hydrogen (secondary N) is 1. The number of halogens is 1. The van der Waals surface area contributed by atoms with E-state index in [1.54, 1.807) is 36.4 Å². The number of anilines is 1. The fourth-order valence-corrected chi connectivity index (χ4v) is 2.31. The molecule has 23 heavy (non-hydrogen) atoms. The fraction of sp³-hybridized carbons (Fsp3) is 0.118. The molecule has 5 nitrogen and oxygen atoms in total. The Morgan fingerprint density at radius 2 is 2.04 bits per heavy atom. The first-order chi connectivity index (χ1) is 11.2. The number of rotatable bonds is 4. The van der Waals surface area contributed by atoms with Crippen molar-refractivity contribution in [2.75, 3.05) is 5.32 Å². The first-order valence-electron chi connectivity index (χ1n) is 7.16. The number of aryl methyl sites for hydroxylation is 1. The molecule has 1 amide bonds. The summed E-state index contributed by atoms with van der Waals surface area (Å²) in [6.07, 6.45) is 0.701. The van der Waals surface area contributed by atoms with Gasteiger partial charge < -0.3 is 9.84 Å². The van der Waals surface area contributed by atoms with Crippen molar-refractivity contribution < 1.29 is 9.32 Å². The van der Waals surface area contributed by atoms with E-state index in [4.69, 9.17) is 16.1 Å². The number of nitrogens with zero attached hydrogens (tertiary/aromatic N) is 2. The lowest BCUT2D eigenvalue weighted by atomic mass is 10.1. The van der Waals surface area contributed by atoms with Crippen molar-refractivity contribution in [1.82, 2.24) is 10.1 Å². The molecule has 0 bridgehead atoms. The number of hydrogen-bond donors (Lipinski definition) is 1. The van der Waals surface area contributed by atoms with Crippen LogP contribution in [0.15, 0.2) is 53.1 Å². The molecule has 1 aromatic heterocycles. The van der Waals surface area contributed by atoms with Crippen LogP contribution < -0.4 is 5.32 Å². The molecule has 0 unspecified atom stereocenters. The maximum Gasteiger partial charge on any atom is 0.257 e. The molecule has 3 aromatic rings. The molecule has 6 heteroatoms. The number of carbonyl (C=O) groups is 1. The van der Waals surface area contributed by atoms with Crippen molar-refractivity contribution >= 4 is 23.2 Å². The molecular formula is C17H14ClN3O2. The summed E-state index contributed by atoms with van der Waals surface area (Å²) in [6, 6.07) is 14.1. The molecule has 0 radical (unpaired) electrons. The maximum absolute atomic E-state index is 12.3. The molecule has 0 aliphatic rings. The normalized spacial score (nSPS) is 10.5. The van der Waals surface area contributed by atoms with E-state index in [0.717, 1.165) is 5.56 Å². The van der Waals surface area contributed by atoms with Crippen molar-refractivity contribution in [2.24, 2.45) is 0 Å². The third-order valence-electron chi connectivity index (χ3n) is 3.27. The van der Waals surface area contributed by atoms with Crippen LogP contribution in [-0.2, 0) is 6.42 Å². The van der Waals surface area contributed by atoms with Crippen molar-refractivity contribution in [3.63, 3.8) is 0 Å². The van der Waals surface area contributed by atoms with Gasteiger partial charge in [-0.1, -0.05) is 41.9 Å². The Bertz CT molecular complexity index is 845. The van der Waals surface area contributed by atoms with E-state index < -0.39 is 0 Å². The van der Waals surface area contributed by atoms with Gasteiger partial charge in [0.05, 0.1) is 10.6 Å². The van der Waals surface area contributed by atoms with Gasteiger partial charge in [-0.05, 0) is 30.3 Å². The van der Waals surface area contributed by atoms with Crippen molar-refractivity contribution in [3.05, 3.63) is 64.9 Å². The molecule has 1 heterocycles. The van der Waals surface area contributed by atoms with Crippen LogP contribution in [-0.4, -0.2) is 16.0 Å². The Hall–Kier alpha value is -2.66. The first-order valence-corrected chi connectivity index (χ1v) is 7.54. The zero-order valence-corrected chi connectivity index (χ0v) is 13.2. The highest BCUT2D eigenvalue weighted by molar-refractivity contribution is 6.34. The maximum atomic E-state index is 12.3. The Kier molecular flexibility index (Phi) is 4.39. The van der Waals surface area contributed by atoms with E-state index >= 15 is 0 Å². The Morgan fingerprint density at radius 3 is 2.78 bits per heavy atom. The minimum absolute atomic E-state index is 0.271. The molecule has 0 aliphatic heterocycles. The molecule has 0 atom stereocenters. The molecule has 0 saturated carbocycles. The Labute approximate surface area is 138 Å². The summed E-state index contributed by atoms with van der Waals surface area (Å²) >= 11 is 6.04. The van der Waals surface area contributed by atoms with Crippen LogP contribution >= 0.6 is 11.6 Å². The molecule has 0 saturated heterocycles. The van der Waals surface area contributed by atoms with Gasteiger partial charge in [0.1, 0.15) is 0 Å². The molecule has 116 valence electrons. The van der Waals surface area contributed by atoms with Crippen LogP contribution in [0.25, 0.3) is 11.5 Å². The zero-order chi connectivity index (χ0) is 16.2. The van der Waals surface area contributed by atoms with E-state index in [1.807, 2.05) is 19.1 Å². The van der Waals surface area contributed by atoms with Gasteiger partial charge in [0, 0.05) is 17.7 Å². The Balaban J connectivity index is 1.83. The highest BCUT2D eigenvalue weighted by atomic mass is 35.5. The minimum atomic E-state index is -0.271. The molecule has 3 rings (SSSR count). The lowest BCUT2D eigenvalue weighted by molar-refractivity contribution is 0.102. The average Bonchev–Trinajstić information content (AvgIpc) is 3.04. The van der Waals surface area contributed by atoms with Crippen LogP contribution in [0.1, 0.15) is 23.1 Å². The van der Waals surface area contributed by atoms with E-state index in [1.165, 1.54) is 0 Å². The topological polar surface area (TPSA) is 68.0 Å². The minimum Gasteiger partial charge on any atom is -0.334 e. The van der Waals surface area contributed by atoms with Gasteiger partial charge in [0.25, 0.3) is 11.8 Å². The molecule has 1 N–H and O–H groups in total. The summed E-state index contributed by atoms with van der Waals surface area (Å²) in [7, 11) is 0. The van der Waals surface area contributed by atoms with Gasteiger partial charge in [0.2, 0.25) is 0 Å². The standard InChI is InChI=1S/C17H14ClN3O2/c1-2-15-20-17(23-21-15)11-6-5-7-12(10-11)19-16(22)13-8-3-4-9-14(13)18/h3-10H,2H2,1H3,(H,19,22). The van der Waals surface area contributed by atoms with Crippen molar-refractivity contribution in [1.29, 1.82) is 0 Å². The lowest BCUT2D eigenvalue weighted by Crippen LogP contribution is -2.12. The zero-order valence-electron chi connectivity index (χ0n) is 12.4. The SMILES string of the molecule is CCc1noc(-c2cccc(NC(=O)c3ccccc3Cl)c2)n1. The second-order valence-electron chi connectivity index (χ2n) is 4.88. The van der Waals surface area contributed by atoms with Gasteiger partial charge in [0.15, 0.2) is 5.82 Å². The molecule has 0 spiro atoms. The third kappa shape index (κ3) is 3.40. The monoisotopic (exact) mass is 327 g/mol. The second-order valence-corrected chi connectivity index (χ2v) is 5.29. The van der Waals surface area contributed by atoms with Crippen LogP contribution in [0.2, 0.25) is 5.02 Å². The van der Waals surface area contributed by atoms with Gasteiger partial charge in [-0.15, -0.1) is 0 Å². The van der Waals surface area contributed by atoms with Gasteiger partial charge in [-0.3, -0.25) is 4.79 Å². The molecule has 0 fully saturated rings. The highest BCUT2D eigenvalue weighted by Crippen LogP contribution is 2.22. The number of amides is 1. The third-order valence-corrected chi connectivity index (χ3v) is 3.60. The molecular weight excluding hydrogens is 314 g/mol. The number of hydrogen-bond acceptors (Lipinski definition) is 4. The summed E-state index contributed by atoms with van der Waals surface area (Å²) in [5, 5.41) is 7.09. The van der Waals surface area contributed by atoms with Gasteiger partial charge >= 0.3 is 0 Å². The second kappa shape index (κ2) is 6.62. The van der Waals surface area contributed by atoms with Crippen LogP contribution in [0.5, 0.6) is 0 Å². The summed E-state index contributed by atoms with van der Waals surface area (Å²) < 4.78 is 5.21. The number of benzene rings is 2. The quantitative estimate of drug-likeness (QED) is 0.779. The van der Waals surface area contributed by atoms with Crippen molar-refractivity contribution in [2.45, 2.75) is 13.3 Å². The van der Waals surface area contributed by atoms with E-state index in [9.17, 15) is 4.79 Å². The summed E-state index contributed by atoms with van der Waals surface area (Å²) in [5.74, 6) is 0.800. The largest absolute Gasteiger partial charge is 0.334 e. The molecule has 2 aromatic carbocycles.